The van der Waals surface area contributed by atoms with Crippen molar-refractivity contribution >= 4 is 17.0 Å². The fraction of sp³-hybridized carbons (Fsp3) is 0.280. The first-order valence-corrected chi connectivity index (χ1v) is 10.8. The lowest BCUT2D eigenvalue weighted by Gasteiger charge is -2.23. The molecule has 0 bridgehead atoms. The van der Waals surface area contributed by atoms with E-state index in [0.717, 1.165) is 35.5 Å². The number of Topliss-reactive ketones (excluding diaryl/α,β-unsaturated/α-hetero) is 1. The molecule has 0 saturated carbocycles. The number of hydrogen-bond acceptors (Lipinski definition) is 6. The Bertz CT molecular complexity index is 1220. The SMILES string of the molecule is COc1cccc(NC(C(=O)c2ccoc2C2CCOCC2)c2cccc3ccnn23)c1. The number of nitrogens with zero attached hydrogens (tertiary/aromatic N) is 2. The summed E-state index contributed by atoms with van der Waals surface area (Å²) in [6.07, 6.45) is 5.03. The molecule has 32 heavy (non-hydrogen) atoms. The number of anilines is 1. The van der Waals surface area contributed by atoms with Crippen LogP contribution in [0.2, 0.25) is 0 Å². The quantitative estimate of drug-likeness (QED) is 0.421. The van der Waals surface area contributed by atoms with Crippen LogP contribution in [-0.2, 0) is 4.74 Å². The lowest BCUT2D eigenvalue weighted by Crippen LogP contribution is -2.25. The van der Waals surface area contributed by atoms with Crippen molar-refractivity contribution in [3.05, 3.63) is 84.1 Å². The minimum atomic E-state index is -0.665. The van der Waals surface area contributed by atoms with Crippen LogP contribution in [0.5, 0.6) is 5.75 Å². The highest BCUT2D eigenvalue weighted by Crippen LogP contribution is 2.34. The summed E-state index contributed by atoms with van der Waals surface area (Å²) in [5.74, 6) is 1.56. The van der Waals surface area contributed by atoms with Crippen molar-refractivity contribution in [2.75, 3.05) is 25.6 Å². The molecule has 1 saturated heterocycles. The van der Waals surface area contributed by atoms with E-state index in [0.29, 0.717) is 24.5 Å². The normalized spacial score (nSPS) is 15.5. The van der Waals surface area contributed by atoms with E-state index < -0.39 is 6.04 Å². The fourth-order valence-corrected chi connectivity index (χ4v) is 4.30. The van der Waals surface area contributed by atoms with E-state index in [1.54, 1.807) is 30.2 Å². The van der Waals surface area contributed by atoms with Crippen molar-refractivity contribution < 1.29 is 18.7 Å². The lowest BCUT2D eigenvalue weighted by molar-refractivity contribution is 0.0795. The van der Waals surface area contributed by atoms with Gasteiger partial charge in [-0.15, -0.1) is 0 Å². The minimum Gasteiger partial charge on any atom is -0.497 e. The molecule has 1 atom stereocenters. The molecule has 0 aliphatic carbocycles. The van der Waals surface area contributed by atoms with Crippen molar-refractivity contribution in [2.45, 2.75) is 24.8 Å². The highest BCUT2D eigenvalue weighted by molar-refractivity contribution is 6.03. The van der Waals surface area contributed by atoms with Gasteiger partial charge in [0, 0.05) is 37.1 Å². The number of benzene rings is 1. The number of rotatable bonds is 7. The van der Waals surface area contributed by atoms with Gasteiger partial charge in [-0.1, -0.05) is 12.1 Å². The van der Waals surface area contributed by atoms with E-state index in [9.17, 15) is 4.79 Å². The first-order chi connectivity index (χ1) is 15.7. The van der Waals surface area contributed by atoms with Crippen LogP contribution in [-0.4, -0.2) is 35.7 Å². The molecule has 1 aliphatic rings. The minimum absolute atomic E-state index is 0.0638. The van der Waals surface area contributed by atoms with E-state index in [1.807, 2.05) is 48.5 Å². The van der Waals surface area contributed by atoms with Gasteiger partial charge in [-0.2, -0.15) is 5.10 Å². The van der Waals surface area contributed by atoms with E-state index in [2.05, 4.69) is 10.4 Å². The maximum atomic E-state index is 14.0. The van der Waals surface area contributed by atoms with Crippen LogP contribution in [0.25, 0.3) is 5.52 Å². The number of methoxy groups -OCH3 is 1. The number of carbonyl (C=O) groups is 1. The van der Waals surface area contributed by atoms with Crippen molar-refractivity contribution in [1.82, 2.24) is 9.61 Å². The molecule has 5 rings (SSSR count). The highest BCUT2D eigenvalue weighted by atomic mass is 16.5. The Kier molecular flexibility index (Phi) is 5.64. The van der Waals surface area contributed by atoms with Gasteiger partial charge in [-0.25, -0.2) is 4.52 Å². The summed E-state index contributed by atoms with van der Waals surface area (Å²) >= 11 is 0. The Hall–Kier alpha value is -3.58. The van der Waals surface area contributed by atoms with Crippen LogP contribution in [0.1, 0.15) is 46.6 Å². The molecule has 7 heteroatoms. The fourth-order valence-electron chi connectivity index (χ4n) is 4.30. The molecule has 4 aromatic rings. The zero-order valence-corrected chi connectivity index (χ0v) is 17.9. The predicted octanol–water partition coefficient (Wildman–Crippen LogP) is 4.87. The molecule has 164 valence electrons. The number of ketones is 1. The average molecular weight is 431 g/mol. The standard InChI is InChI=1S/C25H25N3O4/c1-30-20-6-2-4-18(16-20)27-23(22-7-3-5-19-8-12-26-28(19)22)24(29)21-11-15-32-25(21)17-9-13-31-14-10-17/h2-8,11-12,15-17,23,27H,9-10,13-14H2,1H3. The Morgan fingerprint density at radius 2 is 2.00 bits per heavy atom. The first-order valence-electron chi connectivity index (χ1n) is 10.8. The number of furan rings is 1. The lowest BCUT2D eigenvalue weighted by atomic mass is 9.91. The Balaban J connectivity index is 1.56. The second-order valence-electron chi connectivity index (χ2n) is 7.88. The molecule has 1 unspecified atom stereocenters. The van der Waals surface area contributed by atoms with Crippen molar-refractivity contribution in [3.8, 4) is 5.75 Å². The summed E-state index contributed by atoms with van der Waals surface area (Å²) < 4.78 is 18.5. The third-order valence-corrected chi connectivity index (χ3v) is 5.94. The number of fused-ring (bicyclic) bond motifs is 1. The van der Waals surface area contributed by atoms with Gasteiger partial charge >= 0.3 is 0 Å². The summed E-state index contributed by atoms with van der Waals surface area (Å²) in [6, 6.07) is 16.4. The van der Waals surface area contributed by atoms with Crippen LogP contribution < -0.4 is 10.1 Å². The number of ether oxygens (including phenoxy) is 2. The summed E-state index contributed by atoms with van der Waals surface area (Å²) in [4.78, 5) is 14.0. The van der Waals surface area contributed by atoms with Crippen LogP contribution in [0.4, 0.5) is 5.69 Å². The molecule has 4 heterocycles. The topological polar surface area (TPSA) is 78.0 Å². The van der Waals surface area contributed by atoms with Gasteiger partial charge in [-0.05, 0) is 49.2 Å². The molecule has 1 aromatic carbocycles. The summed E-state index contributed by atoms with van der Waals surface area (Å²) in [7, 11) is 1.62. The largest absolute Gasteiger partial charge is 0.497 e. The molecule has 1 aliphatic heterocycles. The second-order valence-corrected chi connectivity index (χ2v) is 7.88. The van der Waals surface area contributed by atoms with Gasteiger partial charge in [0.15, 0.2) is 5.78 Å². The van der Waals surface area contributed by atoms with Crippen molar-refractivity contribution in [3.63, 3.8) is 0 Å². The molecular weight excluding hydrogens is 406 g/mol. The number of pyridine rings is 1. The Morgan fingerprint density at radius 3 is 2.84 bits per heavy atom. The summed E-state index contributed by atoms with van der Waals surface area (Å²) in [5, 5.41) is 7.86. The predicted molar refractivity (Wildman–Crippen MR) is 120 cm³/mol. The van der Waals surface area contributed by atoms with E-state index in [-0.39, 0.29) is 11.7 Å². The second kappa shape index (κ2) is 8.88. The molecule has 1 fully saturated rings. The van der Waals surface area contributed by atoms with Crippen LogP contribution in [0.3, 0.4) is 0 Å². The van der Waals surface area contributed by atoms with E-state index >= 15 is 0 Å². The average Bonchev–Trinajstić information content (AvgIpc) is 3.52. The monoisotopic (exact) mass is 431 g/mol. The molecule has 0 spiro atoms. The van der Waals surface area contributed by atoms with Gasteiger partial charge in [0.1, 0.15) is 17.6 Å². The highest BCUT2D eigenvalue weighted by Gasteiger charge is 2.31. The zero-order valence-electron chi connectivity index (χ0n) is 17.9. The Labute approximate surface area is 185 Å². The molecular formula is C25H25N3O4. The smallest absolute Gasteiger partial charge is 0.194 e. The van der Waals surface area contributed by atoms with Gasteiger partial charge in [0.25, 0.3) is 0 Å². The third-order valence-electron chi connectivity index (χ3n) is 5.94. The third kappa shape index (κ3) is 3.87. The molecule has 0 amide bonds. The van der Waals surface area contributed by atoms with Gasteiger partial charge in [-0.3, -0.25) is 4.79 Å². The number of aromatic nitrogens is 2. The number of carbonyl (C=O) groups excluding carboxylic acids is 1. The van der Waals surface area contributed by atoms with Gasteiger partial charge < -0.3 is 19.2 Å². The summed E-state index contributed by atoms with van der Waals surface area (Å²) in [6.45, 7) is 1.36. The number of nitrogens with one attached hydrogen (secondary N) is 1. The molecule has 0 radical (unpaired) electrons. The van der Waals surface area contributed by atoms with E-state index in [1.165, 1.54) is 0 Å². The van der Waals surface area contributed by atoms with Crippen LogP contribution >= 0.6 is 0 Å². The van der Waals surface area contributed by atoms with Crippen molar-refractivity contribution in [1.29, 1.82) is 0 Å². The van der Waals surface area contributed by atoms with Gasteiger partial charge in [0.2, 0.25) is 0 Å². The maximum absolute atomic E-state index is 14.0. The van der Waals surface area contributed by atoms with Crippen LogP contribution in [0.15, 0.2) is 71.5 Å². The zero-order chi connectivity index (χ0) is 21.9. The molecule has 3 aromatic heterocycles. The first kappa shape index (κ1) is 20.3. The van der Waals surface area contributed by atoms with Crippen LogP contribution in [0, 0.1) is 0 Å². The molecule has 7 nitrogen and oxygen atoms in total. The van der Waals surface area contributed by atoms with Crippen molar-refractivity contribution in [2.24, 2.45) is 0 Å². The maximum Gasteiger partial charge on any atom is 0.194 e. The Morgan fingerprint density at radius 1 is 1.16 bits per heavy atom. The molecule has 1 N–H and O–H groups in total. The van der Waals surface area contributed by atoms with E-state index in [4.69, 9.17) is 13.9 Å². The number of hydrogen-bond donors (Lipinski definition) is 1. The van der Waals surface area contributed by atoms with Gasteiger partial charge in [0.05, 0.1) is 30.1 Å². The summed E-state index contributed by atoms with van der Waals surface area (Å²) in [5.41, 5.74) is 3.05.